The molecule has 2 rings (SSSR count). The lowest BCUT2D eigenvalue weighted by Gasteiger charge is -2.27. The Morgan fingerprint density at radius 2 is 1.67 bits per heavy atom. The Morgan fingerprint density at radius 3 is 2.28 bits per heavy atom. The molecule has 1 aromatic rings. The summed E-state index contributed by atoms with van der Waals surface area (Å²) in [7, 11) is 0. The zero-order valence-electron chi connectivity index (χ0n) is 11.5. The molecule has 2 heteroatoms. The molecule has 1 saturated carbocycles. The van der Waals surface area contributed by atoms with Gasteiger partial charge in [0, 0.05) is 6.54 Å². The van der Waals surface area contributed by atoms with Gasteiger partial charge in [0.1, 0.15) is 0 Å². The predicted molar refractivity (Wildman–Crippen MR) is 77.4 cm³/mol. The van der Waals surface area contributed by atoms with Crippen LogP contribution in [0.3, 0.4) is 0 Å². The molecule has 0 unspecified atom stereocenters. The quantitative estimate of drug-likeness (QED) is 0.838. The summed E-state index contributed by atoms with van der Waals surface area (Å²) in [6, 6.07) is 8.80. The normalized spacial score (nSPS) is 24.1. The van der Waals surface area contributed by atoms with Crippen molar-refractivity contribution in [1.82, 2.24) is 5.32 Å². The zero-order valence-corrected chi connectivity index (χ0v) is 11.5. The summed E-state index contributed by atoms with van der Waals surface area (Å²) >= 11 is 0. The smallest absolute Gasteiger partial charge is 0.0205 e. The zero-order chi connectivity index (χ0) is 12.8. The highest BCUT2D eigenvalue weighted by Gasteiger charge is 2.19. The third-order valence-corrected chi connectivity index (χ3v) is 4.18. The highest BCUT2D eigenvalue weighted by atomic mass is 14.9. The number of aryl methyl sites for hydroxylation is 1. The van der Waals surface area contributed by atoms with Crippen molar-refractivity contribution in [2.75, 3.05) is 13.1 Å². The monoisotopic (exact) mass is 246 g/mol. The van der Waals surface area contributed by atoms with Crippen molar-refractivity contribution in [2.24, 2.45) is 17.6 Å². The van der Waals surface area contributed by atoms with Crippen molar-refractivity contribution in [2.45, 2.75) is 39.2 Å². The van der Waals surface area contributed by atoms with Crippen LogP contribution in [0.25, 0.3) is 0 Å². The molecule has 0 radical (unpaired) electrons. The molecule has 100 valence electrons. The fourth-order valence-corrected chi connectivity index (χ4v) is 2.80. The largest absolute Gasteiger partial charge is 0.330 e. The molecule has 0 spiro atoms. The summed E-state index contributed by atoms with van der Waals surface area (Å²) in [4.78, 5) is 0. The van der Waals surface area contributed by atoms with Crippen molar-refractivity contribution < 1.29 is 0 Å². The molecule has 1 aliphatic carbocycles. The summed E-state index contributed by atoms with van der Waals surface area (Å²) in [6.45, 7) is 5.17. The second-order valence-electron chi connectivity index (χ2n) is 5.74. The molecular weight excluding hydrogens is 220 g/mol. The molecule has 2 nitrogen and oxygen atoms in total. The minimum atomic E-state index is 0.790. The van der Waals surface area contributed by atoms with Crippen molar-refractivity contribution in [3.8, 4) is 0 Å². The van der Waals surface area contributed by atoms with Crippen molar-refractivity contribution in [3.05, 3.63) is 35.4 Å². The Labute approximate surface area is 111 Å². The molecule has 3 N–H and O–H groups in total. The van der Waals surface area contributed by atoms with Crippen LogP contribution in [0.2, 0.25) is 0 Å². The maximum absolute atomic E-state index is 5.72. The van der Waals surface area contributed by atoms with Crippen LogP contribution in [0.15, 0.2) is 24.3 Å². The van der Waals surface area contributed by atoms with Gasteiger partial charge in [0.05, 0.1) is 0 Å². The lowest BCUT2D eigenvalue weighted by molar-refractivity contribution is 0.272. The van der Waals surface area contributed by atoms with Gasteiger partial charge in [0.15, 0.2) is 0 Å². The molecule has 0 amide bonds. The van der Waals surface area contributed by atoms with E-state index in [9.17, 15) is 0 Å². The van der Waals surface area contributed by atoms with Gasteiger partial charge in [0.2, 0.25) is 0 Å². The van der Waals surface area contributed by atoms with Gasteiger partial charge in [-0.1, -0.05) is 29.8 Å². The minimum Gasteiger partial charge on any atom is -0.330 e. The fraction of sp³-hybridized carbons (Fsp3) is 0.625. The molecule has 18 heavy (non-hydrogen) atoms. The van der Waals surface area contributed by atoms with E-state index in [4.69, 9.17) is 5.73 Å². The van der Waals surface area contributed by atoms with Crippen molar-refractivity contribution in [1.29, 1.82) is 0 Å². The Hall–Kier alpha value is -0.860. The second kappa shape index (κ2) is 6.91. The van der Waals surface area contributed by atoms with Gasteiger partial charge >= 0.3 is 0 Å². The van der Waals surface area contributed by atoms with Crippen molar-refractivity contribution in [3.63, 3.8) is 0 Å². The molecule has 1 aliphatic rings. The lowest BCUT2D eigenvalue weighted by Crippen LogP contribution is -2.28. The summed E-state index contributed by atoms with van der Waals surface area (Å²) in [5.41, 5.74) is 8.44. The van der Waals surface area contributed by atoms with E-state index in [1.807, 2.05) is 0 Å². The Bertz CT molecular complexity index is 337. The van der Waals surface area contributed by atoms with Gasteiger partial charge in [-0.05, 0) is 63.1 Å². The average Bonchev–Trinajstić information content (AvgIpc) is 2.42. The maximum Gasteiger partial charge on any atom is 0.0205 e. The van der Waals surface area contributed by atoms with Crippen LogP contribution in [-0.4, -0.2) is 13.1 Å². The molecule has 0 aliphatic heterocycles. The summed E-state index contributed by atoms with van der Waals surface area (Å²) in [5.74, 6) is 1.65. The third kappa shape index (κ3) is 4.11. The first-order valence-corrected chi connectivity index (χ1v) is 7.24. The van der Waals surface area contributed by atoms with Crippen LogP contribution in [0, 0.1) is 18.8 Å². The number of hydrogen-bond donors (Lipinski definition) is 2. The minimum absolute atomic E-state index is 0.790. The van der Waals surface area contributed by atoms with E-state index >= 15 is 0 Å². The van der Waals surface area contributed by atoms with Crippen LogP contribution >= 0.6 is 0 Å². The van der Waals surface area contributed by atoms with E-state index in [2.05, 4.69) is 36.5 Å². The Morgan fingerprint density at radius 1 is 1.06 bits per heavy atom. The van der Waals surface area contributed by atoms with E-state index in [0.717, 1.165) is 31.5 Å². The average molecular weight is 246 g/mol. The van der Waals surface area contributed by atoms with E-state index in [1.54, 1.807) is 0 Å². The Balaban J connectivity index is 1.65. The first-order valence-electron chi connectivity index (χ1n) is 7.24. The van der Waals surface area contributed by atoms with Gasteiger partial charge in [-0.25, -0.2) is 0 Å². The fourth-order valence-electron chi connectivity index (χ4n) is 2.80. The molecule has 0 saturated heterocycles. The van der Waals surface area contributed by atoms with Gasteiger partial charge in [-0.2, -0.15) is 0 Å². The highest BCUT2D eigenvalue weighted by Crippen LogP contribution is 2.27. The molecule has 1 fully saturated rings. The number of nitrogens with one attached hydrogen (secondary N) is 1. The molecule has 0 atom stereocenters. The van der Waals surface area contributed by atoms with Gasteiger partial charge in [-0.3, -0.25) is 0 Å². The number of rotatable bonds is 5. The number of nitrogens with two attached hydrogens (primary N) is 1. The van der Waals surface area contributed by atoms with Crippen molar-refractivity contribution >= 4 is 0 Å². The molecule has 0 aromatic heterocycles. The molecule has 0 bridgehead atoms. The van der Waals surface area contributed by atoms with E-state index < -0.39 is 0 Å². The number of benzene rings is 1. The lowest BCUT2D eigenvalue weighted by atomic mass is 9.82. The van der Waals surface area contributed by atoms with Crippen LogP contribution in [-0.2, 0) is 6.54 Å². The van der Waals surface area contributed by atoms with Crippen LogP contribution in [0.4, 0.5) is 0 Å². The SMILES string of the molecule is Cc1ccc(CNCC2CCC(CN)CC2)cc1. The summed E-state index contributed by atoms with van der Waals surface area (Å²) in [6.07, 6.45) is 5.35. The van der Waals surface area contributed by atoms with Crippen LogP contribution in [0.1, 0.15) is 36.8 Å². The van der Waals surface area contributed by atoms with E-state index in [1.165, 1.54) is 36.8 Å². The predicted octanol–water partition coefficient (Wildman–Crippen LogP) is 2.85. The van der Waals surface area contributed by atoms with Crippen LogP contribution < -0.4 is 11.1 Å². The van der Waals surface area contributed by atoms with Gasteiger partial charge < -0.3 is 11.1 Å². The first kappa shape index (κ1) is 13.6. The second-order valence-corrected chi connectivity index (χ2v) is 5.74. The van der Waals surface area contributed by atoms with Gasteiger partial charge in [0.25, 0.3) is 0 Å². The van der Waals surface area contributed by atoms with E-state index in [-0.39, 0.29) is 0 Å². The van der Waals surface area contributed by atoms with E-state index in [0.29, 0.717) is 0 Å². The molecule has 1 aromatic carbocycles. The van der Waals surface area contributed by atoms with Crippen LogP contribution in [0.5, 0.6) is 0 Å². The third-order valence-electron chi connectivity index (χ3n) is 4.18. The van der Waals surface area contributed by atoms with Gasteiger partial charge in [-0.15, -0.1) is 0 Å². The molecule has 0 heterocycles. The maximum atomic E-state index is 5.72. The Kier molecular flexibility index (Phi) is 5.21. The standard InChI is InChI=1S/C16H26N2/c1-13-2-4-15(5-3-13)11-18-12-16-8-6-14(10-17)7-9-16/h2-5,14,16,18H,6-12,17H2,1H3. The number of hydrogen-bond acceptors (Lipinski definition) is 2. The summed E-state index contributed by atoms with van der Waals surface area (Å²) in [5, 5.41) is 3.59. The molecular formula is C16H26N2. The highest BCUT2D eigenvalue weighted by molar-refractivity contribution is 5.21. The first-order chi connectivity index (χ1) is 8.78. The summed E-state index contributed by atoms with van der Waals surface area (Å²) < 4.78 is 0. The topological polar surface area (TPSA) is 38.0 Å².